The van der Waals surface area contributed by atoms with Gasteiger partial charge < -0.3 is 9.64 Å². The predicted octanol–water partition coefficient (Wildman–Crippen LogP) is 3.67. The zero-order valence-electron chi connectivity index (χ0n) is 12.1. The lowest BCUT2D eigenvalue weighted by atomic mass is 10.2. The molecular weight excluding hydrogens is 307 g/mol. The molecule has 0 fully saturated rings. The van der Waals surface area contributed by atoms with Crippen LogP contribution < -0.4 is 9.64 Å². The van der Waals surface area contributed by atoms with Gasteiger partial charge in [0.25, 0.3) is 5.91 Å². The maximum atomic E-state index is 12.6. The van der Waals surface area contributed by atoms with Crippen LogP contribution in [0.4, 0.5) is 18.9 Å². The molecule has 0 atom stereocenters. The zero-order valence-corrected chi connectivity index (χ0v) is 12.1. The van der Waals surface area contributed by atoms with E-state index in [0.717, 1.165) is 29.8 Å². The first-order valence-electron chi connectivity index (χ1n) is 7.13. The molecule has 6 heteroatoms. The molecule has 1 heterocycles. The summed E-state index contributed by atoms with van der Waals surface area (Å²) in [5.41, 5.74) is 1.12. The van der Waals surface area contributed by atoms with E-state index in [0.29, 0.717) is 6.54 Å². The summed E-state index contributed by atoms with van der Waals surface area (Å²) in [5, 5.41) is 0. The topological polar surface area (TPSA) is 29.5 Å². The minimum Gasteiger partial charge on any atom is -0.484 e. The Morgan fingerprint density at radius 1 is 1.13 bits per heavy atom. The van der Waals surface area contributed by atoms with Crippen molar-refractivity contribution >= 4 is 11.6 Å². The van der Waals surface area contributed by atoms with Crippen LogP contribution in [-0.2, 0) is 17.4 Å². The monoisotopic (exact) mass is 321 g/mol. The highest BCUT2D eigenvalue weighted by Crippen LogP contribution is 2.31. The molecule has 2 aromatic rings. The normalized spacial score (nSPS) is 13.8. The molecule has 23 heavy (non-hydrogen) atoms. The Kier molecular flexibility index (Phi) is 3.98. The maximum absolute atomic E-state index is 12.6. The van der Waals surface area contributed by atoms with Crippen LogP contribution in [0.1, 0.15) is 11.1 Å². The summed E-state index contributed by atoms with van der Waals surface area (Å²) >= 11 is 0. The lowest BCUT2D eigenvalue weighted by molar-refractivity contribution is -0.137. The van der Waals surface area contributed by atoms with Crippen molar-refractivity contribution in [2.45, 2.75) is 12.6 Å². The minimum absolute atomic E-state index is 0.0284. The molecule has 3 rings (SSSR count). The van der Waals surface area contributed by atoms with E-state index >= 15 is 0 Å². The second kappa shape index (κ2) is 5.95. The Hall–Kier alpha value is -2.50. The van der Waals surface area contributed by atoms with Crippen molar-refractivity contribution in [1.82, 2.24) is 0 Å². The largest absolute Gasteiger partial charge is 0.484 e. The molecule has 2 aromatic carbocycles. The molecule has 120 valence electrons. The second-order valence-corrected chi connectivity index (χ2v) is 5.24. The van der Waals surface area contributed by atoms with Gasteiger partial charge in [-0.3, -0.25) is 4.79 Å². The zero-order chi connectivity index (χ0) is 16.4. The van der Waals surface area contributed by atoms with Crippen molar-refractivity contribution in [3.05, 3.63) is 59.7 Å². The smallest absolute Gasteiger partial charge is 0.416 e. The lowest BCUT2D eigenvalue weighted by Crippen LogP contribution is -2.33. The average molecular weight is 321 g/mol. The van der Waals surface area contributed by atoms with Crippen molar-refractivity contribution in [2.75, 3.05) is 18.1 Å². The summed E-state index contributed by atoms with van der Waals surface area (Å²) in [7, 11) is 0. The lowest BCUT2D eigenvalue weighted by Gasteiger charge is -2.17. The van der Waals surface area contributed by atoms with Crippen LogP contribution in [0.15, 0.2) is 48.5 Å². The van der Waals surface area contributed by atoms with Gasteiger partial charge in [-0.05, 0) is 36.2 Å². The number of rotatable bonds is 3. The maximum Gasteiger partial charge on any atom is 0.416 e. The standard InChI is InChI=1S/C17H14F3NO2/c18-17(19,20)13-5-3-6-14(10-13)23-11-16(22)21-9-8-12-4-1-2-7-15(12)21/h1-7,10H,8-9,11H2. The third kappa shape index (κ3) is 3.31. The molecule has 0 aliphatic carbocycles. The molecule has 1 amide bonds. The van der Waals surface area contributed by atoms with E-state index in [1.165, 1.54) is 12.1 Å². The molecule has 0 bridgehead atoms. The van der Waals surface area contributed by atoms with Crippen molar-refractivity contribution < 1.29 is 22.7 Å². The van der Waals surface area contributed by atoms with Crippen LogP contribution in [-0.4, -0.2) is 19.1 Å². The molecule has 0 saturated heterocycles. The number of nitrogens with zero attached hydrogens (tertiary/aromatic N) is 1. The number of halogens is 3. The van der Waals surface area contributed by atoms with Crippen molar-refractivity contribution in [3.63, 3.8) is 0 Å². The minimum atomic E-state index is -4.43. The molecule has 0 aromatic heterocycles. The summed E-state index contributed by atoms with van der Waals surface area (Å²) < 4.78 is 43.2. The van der Waals surface area contributed by atoms with Crippen LogP contribution in [0.2, 0.25) is 0 Å². The fourth-order valence-electron chi connectivity index (χ4n) is 2.58. The molecule has 0 radical (unpaired) electrons. The van der Waals surface area contributed by atoms with Gasteiger partial charge in [0.05, 0.1) is 5.56 Å². The predicted molar refractivity (Wildman–Crippen MR) is 79.4 cm³/mol. The van der Waals surface area contributed by atoms with Crippen molar-refractivity contribution in [3.8, 4) is 5.75 Å². The second-order valence-electron chi connectivity index (χ2n) is 5.24. The van der Waals surface area contributed by atoms with Crippen LogP contribution in [0.5, 0.6) is 5.75 Å². The molecule has 3 nitrogen and oxygen atoms in total. The first-order valence-corrected chi connectivity index (χ1v) is 7.13. The summed E-state index contributed by atoms with van der Waals surface area (Å²) in [6.07, 6.45) is -3.66. The summed E-state index contributed by atoms with van der Waals surface area (Å²) in [6.45, 7) is 0.264. The Labute approximate surface area is 131 Å². The summed E-state index contributed by atoms with van der Waals surface area (Å²) in [6, 6.07) is 12.1. The molecule has 1 aliphatic heterocycles. The van der Waals surface area contributed by atoms with Crippen LogP contribution in [0.3, 0.4) is 0 Å². The van der Waals surface area contributed by atoms with E-state index in [2.05, 4.69) is 0 Å². The highest BCUT2D eigenvalue weighted by atomic mass is 19.4. The van der Waals surface area contributed by atoms with Gasteiger partial charge in [0.2, 0.25) is 0 Å². The number of amides is 1. The summed E-state index contributed by atoms with van der Waals surface area (Å²) in [5.74, 6) is -0.243. The first-order chi connectivity index (χ1) is 10.9. The number of carbonyl (C=O) groups is 1. The summed E-state index contributed by atoms with van der Waals surface area (Å²) in [4.78, 5) is 13.8. The highest BCUT2D eigenvalue weighted by molar-refractivity contribution is 5.96. The SMILES string of the molecule is O=C(COc1cccc(C(F)(F)F)c1)N1CCc2ccccc21. The third-order valence-corrected chi connectivity index (χ3v) is 3.71. The van der Waals surface area contributed by atoms with E-state index in [-0.39, 0.29) is 18.3 Å². The van der Waals surface area contributed by atoms with Crippen molar-refractivity contribution in [1.29, 1.82) is 0 Å². The number of fused-ring (bicyclic) bond motifs is 1. The Balaban J connectivity index is 1.67. The van der Waals surface area contributed by atoms with Gasteiger partial charge in [-0.25, -0.2) is 0 Å². The number of ether oxygens (including phenoxy) is 1. The molecule has 0 N–H and O–H groups in total. The quantitative estimate of drug-likeness (QED) is 0.863. The van der Waals surface area contributed by atoms with E-state index < -0.39 is 11.7 Å². The Morgan fingerprint density at radius 2 is 1.91 bits per heavy atom. The fraction of sp³-hybridized carbons (Fsp3) is 0.235. The van der Waals surface area contributed by atoms with Crippen LogP contribution in [0.25, 0.3) is 0 Å². The molecular formula is C17H14F3NO2. The Morgan fingerprint density at radius 3 is 2.70 bits per heavy atom. The van der Waals surface area contributed by atoms with E-state index in [1.807, 2.05) is 24.3 Å². The van der Waals surface area contributed by atoms with Gasteiger partial charge in [0, 0.05) is 12.2 Å². The number of para-hydroxylation sites is 1. The number of hydrogen-bond donors (Lipinski definition) is 0. The van der Waals surface area contributed by atoms with Crippen LogP contribution in [0, 0.1) is 0 Å². The Bertz CT molecular complexity index is 728. The number of alkyl halides is 3. The number of benzene rings is 2. The van der Waals surface area contributed by atoms with Gasteiger partial charge >= 0.3 is 6.18 Å². The molecule has 0 saturated carbocycles. The van der Waals surface area contributed by atoms with E-state index in [9.17, 15) is 18.0 Å². The average Bonchev–Trinajstić information content (AvgIpc) is 2.96. The number of anilines is 1. The van der Waals surface area contributed by atoms with Crippen LogP contribution >= 0.6 is 0 Å². The van der Waals surface area contributed by atoms with Gasteiger partial charge in [0.15, 0.2) is 6.61 Å². The van der Waals surface area contributed by atoms with Crippen molar-refractivity contribution in [2.24, 2.45) is 0 Å². The van der Waals surface area contributed by atoms with Gasteiger partial charge in [-0.2, -0.15) is 13.2 Å². The first kappa shape index (κ1) is 15.4. The number of hydrogen-bond acceptors (Lipinski definition) is 2. The molecule has 0 spiro atoms. The van der Waals surface area contributed by atoms with Gasteiger partial charge in [-0.15, -0.1) is 0 Å². The fourth-order valence-corrected chi connectivity index (χ4v) is 2.58. The number of carbonyl (C=O) groups excluding carboxylic acids is 1. The van der Waals surface area contributed by atoms with E-state index in [4.69, 9.17) is 4.74 Å². The van der Waals surface area contributed by atoms with Gasteiger partial charge in [-0.1, -0.05) is 24.3 Å². The highest BCUT2D eigenvalue weighted by Gasteiger charge is 2.31. The van der Waals surface area contributed by atoms with E-state index in [1.54, 1.807) is 4.90 Å². The third-order valence-electron chi connectivity index (χ3n) is 3.71. The molecule has 1 aliphatic rings. The van der Waals surface area contributed by atoms with Gasteiger partial charge in [0.1, 0.15) is 5.75 Å². The molecule has 0 unspecified atom stereocenters.